The fourth-order valence-electron chi connectivity index (χ4n) is 5.38. The second kappa shape index (κ2) is 9.86. The average Bonchev–Trinajstić information content (AvgIpc) is 3.53. The zero-order chi connectivity index (χ0) is 26.2. The summed E-state index contributed by atoms with van der Waals surface area (Å²) in [7, 11) is 0. The molecule has 2 aromatic rings. The minimum atomic E-state index is -1.18. The molecule has 2 fully saturated rings. The third-order valence-electron chi connectivity index (χ3n) is 7.49. The number of carbonyl (C=O) groups excluding carboxylic acids is 3. The van der Waals surface area contributed by atoms with Crippen LogP contribution < -0.4 is 5.32 Å². The molecule has 2 saturated heterocycles. The number of hydrogen-bond donors (Lipinski definition) is 1. The van der Waals surface area contributed by atoms with Crippen molar-refractivity contribution in [2.45, 2.75) is 57.5 Å². The summed E-state index contributed by atoms with van der Waals surface area (Å²) < 4.78 is 26.3. The maximum atomic E-state index is 13.7. The number of fused-ring (bicyclic) bond motifs is 1. The molecule has 0 radical (unpaired) electrons. The monoisotopic (exact) mass is 513 g/mol. The van der Waals surface area contributed by atoms with Gasteiger partial charge in [0.15, 0.2) is 11.5 Å². The van der Waals surface area contributed by atoms with Gasteiger partial charge in [-0.1, -0.05) is 19.1 Å². The normalized spacial score (nSPS) is 22.8. The number of ether oxygens (including phenoxy) is 2. The summed E-state index contributed by atoms with van der Waals surface area (Å²) in [4.78, 5) is 48.1. The Hall–Kier alpha value is -3.31. The van der Waals surface area contributed by atoms with Gasteiger partial charge in [0, 0.05) is 39.0 Å². The number of amides is 3. The Bertz CT molecular complexity index is 1180. The topological polar surface area (TPSA) is 106 Å². The molecule has 10 nitrogen and oxygen atoms in total. The van der Waals surface area contributed by atoms with E-state index in [0.29, 0.717) is 52.1 Å². The van der Waals surface area contributed by atoms with Crippen LogP contribution in [0.3, 0.4) is 0 Å². The highest BCUT2D eigenvalue weighted by molar-refractivity contribution is 6.07. The lowest BCUT2D eigenvalue weighted by molar-refractivity contribution is -0.181. The van der Waals surface area contributed by atoms with Gasteiger partial charge in [0.1, 0.15) is 17.1 Å². The van der Waals surface area contributed by atoms with E-state index in [2.05, 4.69) is 10.3 Å². The Balaban J connectivity index is 1.34. The van der Waals surface area contributed by atoms with E-state index in [1.165, 1.54) is 23.4 Å². The molecule has 0 unspecified atom stereocenters. The number of hydrogen-bond acceptors (Lipinski definition) is 6. The Kier molecular flexibility index (Phi) is 6.76. The SMILES string of the molecule is CCCN1C(=O)c2c(C(=O)N3CCC4(CC3)OCCO4)ncn2C[C@@]1(C)C(=O)NCc1ccc(F)cc1. The molecule has 37 heavy (non-hydrogen) atoms. The van der Waals surface area contributed by atoms with Crippen LogP contribution >= 0.6 is 0 Å². The molecule has 0 bridgehead atoms. The molecule has 3 amide bonds. The lowest BCUT2D eigenvalue weighted by Crippen LogP contribution is -2.64. The lowest BCUT2D eigenvalue weighted by atomic mass is 9.93. The van der Waals surface area contributed by atoms with Crippen molar-refractivity contribution < 1.29 is 28.2 Å². The highest BCUT2D eigenvalue weighted by atomic mass is 19.1. The van der Waals surface area contributed by atoms with Gasteiger partial charge in [0.2, 0.25) is 5.91 Å². The van der Waals surface area contributed by atoms with E-state index in [1.807, 2.05) is 6.92 Å². The third kappa shape index (κ3) is 4.61. The maximum absolute atomic E-state index is 13.7. The highest BCUT2D eigenvalue weighted by Gasteiger charge is 2.49. The first-order chi connectivity index (χ1) is 17.8. The molecule has 3 aliphatic rings. The van der Waals surface area contributed by atoms with Gasteiger partial charge in [-0.15, -0.1) is 0 Å². The number of imidazole rings is 1. The number of aromatic nitrogens is 2. The zero-order valence-electron chi connectivity index (χ0n) is 21.2. The molecule has 1 atom stereocenters. The molecular formula is C26H32FN5O5. The maximum Gasteiger partial charge on any atom is 0.274 e. The largest absolute Gasteiger partial charge is 0.350 e. The van der Waals surface area contributed by atoms with Gasteiger partial charge < -0.3 is 29.2 Å². The zero-order valence-corrected chi connectivity index (χ0v) is 21.2. The van der Waals surface area contributed by atoms with Gasteiger partial charge in [-0.25, -0.2) is 9.37 Å². The van der Waals surface area contributed by atoms with Crippen molar-refractivity contribution in [1.82, 2.24) is 24.7 Å². The van der Waals surface area contributed by atoms with Crippen LogP contribution in [-0.4, -0.2) is 81.2 Å². The number of piperidine rings is 1. The molecule has 5 rings (SSSR count). The molecule has 1 N–H and O–H groups in total. The molecule has 1 aromatic heterocycles. The first-order valence-electron chi connectivity index (χ1n) is 12.7. The summed E-state index contributed by atoms with van der Waals surface area (Å²) in [6, 6.07) is 5.88. The van der Waals surface area contributed by atoms with Gasteiger partial charge in [0.25, 0.3) is 11.8 Å². The molecule has 3 aliphatic heterocycles. The van der Waals surface area contributed by atoms with E-state index in [1.54, 1.807) is 28.5 Å². The van der Waals surface area contributed by atoms with Crippen LogP contribution in [0.15, 0.2) is 30.6 Å². The smallest absolute Gasteiger partial charge is 0.274 e. The molecule has 11 heteroatoms. The van der Waals surface area contributed by atoms with Crippen LogP contribution in [0, 0.1) is 5.82 Å². The Morgan fingerprint density at radius 2 is 1.81 bits per heavy atom. The second-order valence-corrected chi connectivity index (χ2v) is 10.0. The quantitative estimate of drug-likeness (QED) is 0.633. The van der Waals surface area contributed by atoms with Gasteiger partial charge in [-0.3, -0.25) is 14.4 Å². The van der Waals surface area contributed by atoms with Crippen molar-refractivity contribution in [2.75, 3.05) is 32.8 Å². The predicted octanol–water partition coefficient (Wildman–Crippen LogP) is 1.94. The number of carbonyl (C=O) groups is 3. The van der Waals surface area contributed by atoms with Crippen molar-refractivity contribution in [3.05, 3.63) is 53.4 Å². The number of nitrogens with zero attached hydrogens (tertiary/aromatic N) is 4. The van der Waals surface area contributed by atoms with Crippen LogP contribution in [0.4, 0.5) is 4.39 Å². The molecule has 1 spiro atoms. The predicted molar refractivity (Wildman–Crippen MR) is 130 cm³/mol. The second-order valence-electron chi connectivity index (χ2n) is 10.0. The van der Waals surface area contributed by atoms with Crippen molar-refractivity contribution in [1.29, 1.82) is 0 Å². The molecule has 0 saturated carbocycles. The molecule has 4 heterocycles. The minimum Gasteiger partial charge on any atom is -0.350 e. The van der Waals surface area contributed by atoms with Crippen LogP contribution in [-0.2, 0) is 27.4 Å². The molecule has 1 aromatic carbocycles. The number of likely N-dealkylation sites (tertiary alicyclic amines) is 1. The van der Waals surface area contributed by atoms with Crippen LogP contribution in [0.2, 0.25) is 0 Å². The van der Waals surface area contributed by atoms with Crippen molar-refractivity contribution >= 4 is 17.7 Å². The molecule has 198 valence electrons. The van der Waals surface area contributed by atoms with Crippen LogP contribution in [0.5, 0.6) is 0 Å². The van der Waals surface area contributed by atoms with Gasteiger partial charge in [0.05, 0.1) is 26.1 Å². The van der Waals surface area contributed by atoms with E-state index >= 15 is 0 Å². The molecular weight excluding hydrogens is 481 g/mol. The Morgan fingerprint density at radius 1 is 1.14 bits per heavy atom. The summed E-state index contributed by atoms with van der Waals surface area (Å²) in [5.41, 5.74) is -0.133. The minimum absolute atomic E-state index is 0.101. The number of halogens is 1. The summed E-state index contributed by atoms with van der Waals surface area (Å²) in [5, 5.41) is 2.89. The van der Waals surface area contributed by atoms with E-state index < -0.39 is 17.2 Å². The number of benzene rings is 1. The van der Waals surface area contributed by atoms with Crippen LogP contribution in [0.25, 0.3) is 0 Å². The third-order valence-corrected chi connectivity index (χ3v) is 7.49. The standard InChI is InChI=1S/C26H32FN5O5/c1-3-10-32-23(34)21-20(22(33)30-11-8-26(9-12-30)36-13-14-37-26)29-17-31(21)16-25(32,2)24(35)28-15-18-4-6-19(27)7-5-18/h4-7,17H,3,8-16H2,1-2H3,(H,28,35)/t25-/m0/s1. The molecule has 0 aliphatic carbocycles. The van der Waals surface area contributed by atoms with Crippen molar-refractivity contribution in [3.8, 4) is 0 Å². The summed E-state index contributed by atoms with van der Waals surface area (Å²) >= 11 is 0. The van der Waals surface area contributed by atoms with Gasteiger partial charge in [-0.2, -0.15) is 0 Å². The first kappa shape index (κ1) is 25.3. The summed E-state index contributed by atoms with van der Waals surface area (Å²) in [5.74, 6) is -2.00. The van der Waals surface area contributed by atoms with E-state index in [4.69, 9.17) is 9.47 Å². The Labute approximate surface area is 214 Å². The number of rotatable bonds is 6. The highest BCUT2D eigenvalue weighted by Crippen LogP contribution is 2.33. The van der Waals surface area contributed by atoms with E-state index in [0.717, 1.165) is 5.56 Å². The van der Waals surface area contributed by atoms with Gasteiger partial charge >= 0.3 is 0 Å². The fourth-order valence-corrected chi connectivity index (χ4v) is 5.38. The lowest BCUT2D eigenvalue weighted by Gasteiger charge is -2.44. The van der Waals surface area contributed by atoms with E-state index in [-0.39, 0.29) is 42.1 Å². The van der Waals surface area contributed by atoms with Gasteiger partial charge in [-0.05, 0) is 31.0 Å². The Morgan fingerprint density at radius 3 is 2.46 bits per heavy atom. The fraction of sp³-hybridized carbons (Fsp3) is 0.538. The van der Waals surface area contributed by atoms with Crippen molar-refractivity contribution in [3.63, 3.8) is 0 Å². The van der Waals surface area contributed by atoms with Crippen LogP contribution in [0.1, 0.15) is 59.7 Å². The number of nitrogens with one attached hydrogen (secondary N) is 1. The summed E-state index contributed by atoms with van der Waals surface area (Å²) in [6.45, 7) is 6.36. The average molecular weight is 514 g/mol. The first-order valence-corrected chi connectivity index (χ1v) is 12.7. The van der Waals surface area contributed by atoms with Crippen molar-refractivity contribution in [2.24, 2.45) is 0 Å². The van der Waals surface area contributed by atoms with E-state index in [9.17, 15) is 18.8 Å². The summed E-state index contributed by atoms with van der Waals surface area (Å²) in [6.07, 6.45) is 3.23.